The molecule has 0 aliphatic carbocycles. The standard InChI is InChI=1S/C20H19F3N2O/c21-20(22,23)18-7-3-4-15(10-18)11-19-14-25(8-9-26-19)13-17-6-2-1-5-16(17)12-24/h1-7,10,19H,8-9,11,13-14H2/t19-/m1/s1. The normalized spacial score (nSPS) is 18.5. The second kappa shape index (κ2) is 7.90. The number of morpholine rings is 1. The lowest BCUT2D eigenvalue weighted by atomic mass is 10.0. The first-order valence-corrected chi connectivity index (χ1v) is 8.44. The van der Waals surface area contributed by atoms with Crippen LogP contribution in [0.1, 0.15) is 22.3 Å². The molecule has 0 spiro atoms. The van der Waals surface area contributed by atoms with Gasteiger partial charge in [0.15, 0.2) is 0 Å². The van der Waals surface area contributed by atoms with Crippen LogP contribution in [0.25, 0.3) is 0 Å². The number of nitriles is 1. The van der Waals surface area contributed by atoms with Crippen LogP contribution < -0.4 is 0 Å². The minimum Gasteiger partial charge on any atom is -0.375 e. The molecule has 0 radical (unpaired) electrons. The van der Waals surface area contributed by atoms with Crippen LogP contribution >= 0.6 is 0 Å². The number of halogens is 3. The lowest BCUT2D eigenvalue weighted by Gasteiger charge is -2.33. The number of nitrogens with zero attached hydrogens (tertiary/aromatic N) is 2. The Morgan fingerprint density at radius 1 is 1.15 bits per heavy atom. The van der Waals surface area contributed by atoms with Crippen molar-refractivity contribution in [1.82, 2.24) is 4.90 Å². The van der Waals surface area contributed by atoms with Crippen LogP contribution in [0.15, 0.2) is 48.5 Å². The third kappa shape index (κ3) is 4.63. The average Bonchev–Trinajstić information content (AvgIpc) is 2.62. The van der Waals surface area contributed by atoms with Gasteiger partial charge < -0.3 is 4.74 Å². The van der Waals surface area contributed by atoms with E-state index in [0.29, 0.717) is 37.2 Å². The Balaban J connectivity index is 1.65. The summed E-state index contributed by atoms with van der Waals surface area (Å²) in [4.78, 5) is 2.18. The van der Waals surface area contributed by atoms with Gasteiger partial charge in [-0.3, -0.25) is 4.90 Å². The maximum absolute atomic E-state index is 12.9. The largest absolute Gasteiger partial charge is 0.416 e. The van der Waals surface area contributed by atoms with Crippen molar-refractivity contribution >= 4 is 0 Å². The molecule has 1 aliphatic rings. The van der Waals surface area contributed by atoms with Crippen LogP contribution in [0.4, 0.5) is 13.2 Å². The maximum atomic E-state index is 12.9. The topological polar surface area (TPSA) is 36.3 Å². The van der Waals surface area contributed by atoms with Crippen LogP contribution in [0.2, 0.25) is 0 Å². The molecule has 0 bridgehead atoms. The summed E-state index contributed by atoms with van der Waals surface area (Å²) in [6.45, 7) is 2.51. The molecule has 2 aromatic rings. The van der Waals surface area contributed by atoms with E-state index in [4.69, 9.17) is 4.74 Å². The number of benzene rings is 2. The Bertz CT molecular complexity index is 798. The molecule has 0 N–H and O–H groups in total. The first-order chi connectivity index (χ1) is 12.5. The lowest BCUT2D eigenvalue weighted by Crippen LogP contribution is -2.43. The number of alkyl halides is 3. The quantitative estimate of drug-likeness (QED) is 0.826. The minimum absolute atomic E-state index is 0.165. The third-order valence-corrected chi connectivity index (χ3v) is 4.47. The van der Waals surface area contributed by atoms with Crippen molar-refractivity contribution in [1.29, 1.82) is 5.26 Å². The Morgan fingerprint density at radius 2 is 1.96 bits per heavy atom. The summed E-state index contributed by atoms with van der Waals surface area (Å²) in [6, 6.07) is 15.0. The molecule has 0 saturated carbocycles. The summed E-state index contributed by atoms with van der Waals surface area (Å²) < 4.78 is 44.3. The summed E-state index contributed by atoms with van der Waals surface area (Å²) in [5, 5.41) is 9.20. The molecule has 26 heavy (non-hydrogen) atoms. The van der Waals surface area contributed by atoms with Gasteiger partial charge in [-0.1, -0.05) is 36.4 Å². The van der Waals surface area contributed by atoms with Gasteiger partial charge >= 0.3 is 6.18 Å². The fourth-order valence-electron chi connectivity index (χ4n) is 3.19. The molecule has 136 valence electrons. The highest BCUT2D eigenvalue weighted by molar-refractivity contribution is 5.37. The zero-order chi connectivity index (χ0) is 18.6. The Kier molecular flexibility index (Phi) is 5.60. The van der Waals surface area contributed by atoms with Crippen molar-refractivity contribution in [2.75, 3.05) is 19.7 Å². The molecule has 3 nitrogen and oxygen atoms in total. The number of hydrogen-bond donors (Lipinski definition) is 0. The highest BCUT2D eigenvalue weighted by atomic mass is 19.4. The van der Waals surface area contributed by atoms with Gasteiger partial charge in [0.25, 0.3) is 0 Å². The second-order valence-corrected chi connectivity index (χ2v) is 6.40. The molecular weight excluding hydrogens is 341 g/mol. The van der Waals surface area contributed by atoms with E-state index in [0.717, 1.165) is 18.2 Å². The SMILES string of the molecule is N#Cc1ccccc1CN1CCO[C@H](Cc2cccc(C(F)(F)F)c2)C1. The van der Waals surface area contributed by atoms with E-state index < -0.39 is 11.7 Å². The van der Waals surface area contributed by atoms with E-state index in [2.05, 4.69) is 11.0 Å². The molecule has 1 fully saturated rings. The van der Waals surface area contributed by atoms with Crippen LogP contribution in [-0.4, -0.2) is 30.7 Å². The van der Waals surface area contributed by atoms with Gasteiger partial charge in [0.2, 0.25) is 0 Å². The van der Waals surface area contributed by atoms with Crippen LogP contribution in [-0.2, 0) is 23.9 Å². The van der Waals surface area contributed by atoms with Crippen LogP contribution in [0.5, 0.6) is 0 Å². The van der Waals surface area contributed by atoms with E-state index in [1.807, 2.05) is 18.2 Å². The molecular formula is C20H19F3N2O. The van der Waals surface area contributed by atoms with Crippen molar-refractivity contribution < 1.29 is 17.9 Å². The van der Waals surface area contributed by atoms with Gasteiger partial charge in [-0.2, -0.15) is 18.4 Å². The molecule has 0 unspecified atom stereocenters. The van der Waals surface area contributed by atoms with Crippen molar-refractivity contribution in [2.45, 2.75) is 25.2 Å². The fraction of sp³-hybridized carbons (Fsp3) is 0.350. The molecule has 1 atom stereocenters. The zero-order valence-corrected chi connectivity index (χ0v) is 14.2. The Morgan fingerprint density at radius 3 is 2.73 bits per heavy atom. The molecule has 0 amide bonds. The molecule has 6 heteroatoms. The van der Waals surface area contributed by atoms with Gasteiger partial charge in [0, 0.05) is 19.6 Å². The highest BCUT2D eigenvalue weighted by Gasteiger charge is 2.30. The zero-order valence-electron chi connectivity index (χ0n) is 14.2. The van der Waals surface area contributed by atoms with Gasteiger partial charge in [0.05, 0.1) is 29.9 Å². The smallest absolute Gasteiger partial charge is 0.375 e. The van der Waals surface area contributed by atoms with Gasteiger partial charge in [-0.15, -0.1) is 0 Å². The predicted octanol–water partition coefficient (Wildman–Crippen LogP) is 4.02. The Hall–Kier alpha value is -2.36. The van der Waals surface area contributed by atoms with Crippen molar-refractivity contribution in [3.05, 3.63) is 70.8 Å². The molecule has 1 saturated heterocycles. The first kappa shape index (κ1) is 18.4. The van der Waals surface area contributed by atoms with E-state index in [-0.39, 0.29) is 6.10 Å². The monoisotopic (exact) mass is 360 g/mol. The number of rotatable bonds is 4. The Labute approximate surface area is 150 Å². The van der Waals surface area contributed by atoms with Gasteiger partial charge in [-0.05, 0) is 29.7 Å². The lowest BCUT2D eigenvalue weighted by molar-refractivity contribution is -0.137. The number of hydrogen-bond acceptors (Lipinski definition) is 3. The van der Waals surface area contributed by atoms with Crippen molar-refractivity contribution in [3.63, 3.8) is 0 Å². The maximum Gasteiger partial charge on any atom is 0.416 e. The van der Waals surface area contributed by atoms with Crippen molar-refractivity contribution in [3.8, 4) is 6.07 Å². The third-order valence-electron chi connectivity index (χ3n) is 4.47. The fourth-order valence-corrected chi connectivity index (χ4v) is 3.19. The average molecular weight is 360 g/mol. The summed E-state index contributed by atoms with van der Waals surface area (Å²) in [6.07, 6.45) is -4.07. The molecule has 3 rings (SSSR count). The van der Waals surface area contributed by atoms with E-state index in [9.17, 15) is 18.4 Å². The first-order valence-electron chi connectivity index (χ1n) is 8.44. The second-order valence-electron chi connectivity index (χ2n) is 6.40. The van der Waals surface area contributed by atoms with Crippen LogP contribution in [0.3, 0.4) is 0 Å². The highest BCUT2D eigenvalue weighted by Crippen LogP contribution is 2.30. The predicted molar refractivity (Wildman–Crippen MR) is 91.3 cm³/mol. The summed E-state index contributed by atoms with van der Waals surface area (Å²) in [7, 11) is 0. The minimum atomic E-state index is -4.34. The molecule has 0 aromatic heterocycles. The van der Waals surface area contributed by atoms with Crippen molar-refractivity contribution in [2.24, 2.45) is 0 Å². The summed E-state index contributed by atoms with van der Waals surface area (Å²) >= 11 is 0. The van der Waals surface area contributed by atoms with E-state index in [1.165, 1.54) is 12.1 Å². The van der Waals surface area contributed by atoms with E-state index >= 15 is 0 Å². The summed E-state index contributed by atoms with van der Waals surface area (Å²) in [5.74, 6) is 0. The van der Waals surface area contributed by atoms with Crippen LogP contribution in [0, 0.1) is 11.3 Å². The molecule has 2 aromatic carbocycles. The molecule has 1 heterocycles. The van der Waals surface area contributed by atoms with Gasteiger partial charge in [0.1, 0.15) is 0 Å². The number of ether oxygens (including phenoxy) is 1. The summed E-state index contributed by atoms with van der Waals surface area (Å²) in [5.41, 5.74) is 1.58. The molecule has 1 aliphatic heterocycles. The van der Waals surface area contributed by atoms with E-state index in [1.54, 1.807) is 12.1 Å². The van der Waals surface area contributed by atoms with Gasteiger partial charge in [-0.25, -0.2) is 0 Å².